The molecule has 0 aliphatic heterocycles. The number of hydrogen-bond acceptors (Lipinski definition) is 3. The second-order valence-corrected chi connectivity index (χ2v) is 5.38. The van der Waals surface area contributed by atoms with Crippen LogP contribution in [0.3, 0.4) is 0 Å². The summed E-state index contributed by atoms with van der Waals surface area (Å²) in [5.41, 5.74) is 8.51. The summed E-state index contributed by atoms with van der Waals surface area (Å²) in [4.78, 5) is 10.8. The minimum atomic E-state index is -0.752. The lowest BCUT2D eigenvalue weighted by Crippen LogP contribution is -2.31. The number of carbonyl (C=O) groups excluding carboxylic acids is 1. The normalized spacial score (nSPS) is 10.9. The predicted molar refractivity (Wildman–Crippen MR) is 73.7 cm³/mol. The van der Waals surface area contributed by atoms with Crippen LogP contribution in [0.5, 0.6) is 0 Å². The highest BCUT2D eigenvalue weighted by atomic mass is 16.6. The number of nitriles is 1. The van der Waals surface area contributed by atoms with E-state index in [1.54, 1.807) is 0 Å². The third kappa shape index (κ3) is 4.29. The topological polar surface area (TPSA) is 76.1 Å². The zero-order valence-electron chi connectivity index (χ0n) is 11.9. The van der Waals surface area contributed by atoms with Gasteiger partial charge in [-0.05, 0) is 69.4 Å². The van der Waals surface area contributed by atoms with E-state index >= 15 is 0 Å². The number of nitrogens with zero attached hydrogens (tertiary/aromatic N) is 1. The maximum absolute atomic E-state index is 10.8. The summed E-state index contributed by atoms with van der Waals surface area (Å²) in [5.74, 6) is 0. The first-order chi connectivity index (χ1) is 8.75. The molecule has 0 saturated carbocycles. The fourth-order valence-electron chi connectivity index (χ4n) is 2.20. The summed E-state index contributed by atoms with van der Waals surface area (Å²) >= 11 is 0. The Labute approximate surface area is 114 Å². The van der Waals surface area contributed by atoms with Crippen molar-refractivity contribution in [3.8, 4) is 6.07 Å². The predicted octanol–water partition coefficient (Wildman–Crippen LogP) is 2.98. The maximum Gasteiger partial charge on any atom is 0.405 e. The van der Waals surface area contributed by atoms with E-state index in [1.165, 1.54) is 5.56 Å². The summed E-state index contributed by atoms with van der Waals surface area (Å²) in [6.07, 6.45) is 0.714. The van der Waals surface area contributed by atoms with Gasteiger partial charge in [-0.15, -0.1) is 0 Å². The van der Waals surface area contributed by atoms with Gasteiger partial charge in [0.15, 0.2) is 0 Å². The number of aryl methyl sites for hydroxylation is 2. The zero-order chi connectivity index (χ0) is 14.6. The fraction of sp³-hybridized carbons (Fsp3) is 0.467. The molecule has 0 spiro atoms. The van der Waals surface area contributed by atoms with Crippen LogP contribution in [0.25, 0.3) is 0 Å². The van der Waals surface area contributed by atoms with Gasteiger partial charge in [0.05, 0.1) is 11.6 Å². The van der Waals surface area contributed by atoms with Crippen molar-refractivity contribution in [2.24, 2.45) is 5.73 Å². The second kappa shape index (κ2) is 5.75. The lowest BCUT2D eigenvalue weighted by atomic mass is 9.92. The number of ether oxygens (including phenoxy) is 1. The van der Waals surface area contributed by atoms with Crippen molar-refractivity contribution in [1.29, 1.82) is 5.26 Å². The largest absolute Gasteiger partial charge is 0.444 e. The van der Waals surface area contributed by atoms with E-state index < -0.39 is 11.7 Å². The molecule has 0 radical (unpaired) electrons. The van der Waals surface area contributed by atoms with Crippen molar-refractivity contribution in [1.82, 2.24) is 0 Å². The zero-order valence-corrected chi connectivity index (χ0v) is 11.9. The van der Waals surface area contributed by atoms with Crippen LogP contribution in [0.2, 0.25) is 0 Å². The van der Waals surface area contributed by atoms with Crippen molar-refractivity contribution in [3.05, 3.63) is 34.4 Å². The average Bonchev–Trinajstić information content (AvgIpc) is 2.25. The quantitative estimate of drug-likeness (QED) is 0.904. The Kier molecular flexibility index (Phi) is 4.55. The lowest BCUT2D eigenvalue weighted by molar-refractivity contribution is 0.0394. The van der Waals surface area contributed by atoms with E-state index in [4.69, 9.17) is 15.7 Å². The van der Waals surface area contributed by atoms with Crippen molar-refractivity contribution < 1.29 is 9.53 Å². The molecule has 102 valence electrons. The van der Waals surface area contributed by atoms with Crippen LogP contribution >= 0.6 is 0 Å². The molecule has 0 fully saturated rings. The number of primary amides is 1. The van der Waals surface area contributed by atoms with Gasteiger partial charge >= 0.3 is 6.09 Å². The summed E-state index contributed by atoms with van der Waals surface area (Å²) in [5, 5.41) is 8.91. The smallest absolute Gasteiger partial charge is 0.405 e. The Morgan fingerprint density at radius 1 is 1.37 bits per heavy atom. The number of carbonyl (C=O) groups is 1. The third-order valence-corrected chi connectivity index (χ3v) is 3.18. The molecule has 1 aromatic carbocycles. The van der Waals surface area contributed by atoms with E-state index in [0.29, 0.717) is 12.0 Å². The van der Waals surface area contributed by atoms with Gasteiger partial charge in [0, 0.05) is 0 Å². The van der Waals surface area contributed by atoms with Crippen LogP contribution in [-0.2, 0) is 11.2 Å². The Bertz CT molecular complexity index is 504. The first kappa shape index (κ1) is 15.0. The second-order valence-electron chi connectivity index (χ2n) is 5.38. The van der Waals surface area contributed by atoms with Gasteiger partial charge < -0.3 is 10.5 Å². The maximum atomic E-state index is 10.8. The van der Waals surface area contributed by atoms with E-state index in [2.05, 4.69) is 6.07 Å². The summed E-state index contributed by atoms with van der Waals surface area (Å²) in [6, 6.07) is 5.91. The van der Waals surface area contributed by atoms with E-state index in [0.717, 1.165) is 17.5 Å². The van der Waals surface area contributed by atoms with E-state index in [1.807, 2.05) is 39.8 Å². The molecule has 0 aromatic heterocycles. The molecular formula is C15H20N2O2. The summed E-state index contributed by atoms with van der Waals surface area (Å²) < 4.78 is 5.07. The lowest BCUT2D eigenvalue weighted by Gasteiger charge is -2.24. The van der Waals surface area contributed by atoms with Gasteiger partial charge in [0.2, 0.25) is 0 Å². The highest BCUT2D eigenvalue weighted by molar-refractivity contribution is 5.65. The first-order valence-electron chi connectivity index (χ1n) is 6.24. The standard InChI is InChI=1S/C15H20N2O2/c1-10-7-12(9-16)8-11(2)13(10)5-6-15(3,4)19-14(17)18/h7-8H,5-6H2,1-4H3,(H2,17,18). The average molecular weight is 260 g/mol. The Balaban J connectivity index is 2.84. The minimum absolute atomic E-state index is 0.585. The van der Waals surface area contributed by atoms with Gasteiger partial charge in [0.25, 0.3) is 0 Å². The highest BCUT2D eigenvalue weighted by Gasteiger charge is 2.22. The monoisotopic (exact) mass is 260 g/mol. The van der Waals surface area contributed by atoms with Gasteiger partial charge in [0.1, 0.15) is 5.60 Å². The van der Waals surface area contributed by atoms with Crippen LogP contribution in [0.15, 0.2) is 12.1 Å². The summed E-state index contributed by atoms with van der Waals surface area (Å²) in [6.45, 7) is 7.66. The molecule has 0 heterocycles. The van der Waals surface area contributed by atoms with Crippen molar-refractivity contribution in [3.63, 3.8) is 0 Å². The van der Waals surface area contributed by atoms with Crippen LogP contribution in [-0.4, -0.2) is 11.7 Å². The first-order valence-corrected chi connectivity index (χ1v) is 6.24. The van der Waals surface area contributed by atoms with Crippen LogP contribution in [0, 0.1) is 25.2 Å². The van der Waals surface area contributed by atoms with Crippen LogP contribution in [0.1, 0.15) is 42.5 Å². The SMILES string of the molecule is Cc1cc(C#N)cc(C)c1CCC(C)(C)OC(N)=O. The Morgan fingerprint density at radius 3 is 2.32 bits per heavy atom. The number of rotatable bonds is 4. The van der Waals surface area contributed by atoms with Crippen LogP contribution < -0.4 is 5.73 Å². The molecule has 1 rings (SSSR count). The molecule has 19 heavy (non-hydrogen) atoms. The number of amides is 1. The van der Waals surface area contributed by atoms with Crippen LogP contribution in [0.4, 0.5) is 4.79 Å². The molecule has 0 aliphatic carbocycles. The number of nitrogens with two attached hydrogens (primary N) is 1. The molecule has 1 aromatic rings. The van der Waals surface area contributed by atoms with Crippen molar-refractivity contribution in [2.75, 3.05) is 0 Å². The van der Waals surface area contributed by atoms with E-state index in [9.17, 15) is 4.79 Å². The van der Waals surface area contributed by atoms with Gasteiger partial charge in [-0.25, -0.2) is 4.79 Å². The molecule has 1 amide bonds. The molecule has 0 saturated heterocycles. The van der Waals surface area contributed by atoms with E-state index in [-0.39, 0.29) is 0 Å². The summed E-state index contributed by atoms with van der Waals surface area (Å²) in [7, 11) is 0. The third-order valence-electron chi connectivity index (χ3n) is 3.18. The Hall–Kier alpha value is -2.02. The molecule has 4 heteroatoms. The molecule has 0 atom stereocenters. The minimum Gasteiger partial charge on any atom is -0.444 e. The highest BCUT2D eigenvalue weighted by Crippen LogP contribution is 2.23. The molecule has 0 unspecified atom stereocenters. The molecule has 0 bridgehead atoms. The molecular weight excluding hydrogens is 240 g/mol. The molecule has 0 aliphatic rings. The Morgan fingerprint density at radius 2 is 1.89 bits per heavy atom. The fourth-order valence-corrected chi connectivity index (χ4v) is 2.20. The number of hydrogen-bond donors (Lipinski definition) is 1. The molecule has 4 nitrogen and oxygen atoms in total. The van der Waals surface area contributed by atoms with Gasteiger partial charge in [-0.1, -0.05) is 0 Å². The van der Waals surface area contributed by atoms with Crippen molar-refractivity contribution in [2.45, 2.75) is 46.1 Å². The van der Waals surface area contributed by atoms with Gasteiger partial charge in [-0.2, -0.15) is 5.26 Å². The van der Waals surface area contributed by atoms with Gasteiger partial charge in [-0.3, -0.25) is 0 Å². The van der Waals surface area contributed by atoms with Crippen molar-refractivity contribution >= 4 is 6.09 Å². The molecule has 2 N–H and O–H groups in total. The number of benzene rings is 1.